The summed E-state index contributed by atoms with van der Waals surface area (Å²) in [6, 6.07) is 23.9. The van der Waals surface area contributed by atoms with Crippen LogP contribution in [-0.2, 0) is 11.3 Å². The standard InChI is InChI=1S/C20H18N2OS/c23-20(14-13-19-12-7-15-24-19)21-22(18-10-5-2-6-11-18)16-17-8-3-1-4-9-17/h1-15H,16H2,(H,21,23)/b14-13+. The predicted molar refractivity (Wildman–Crippen MR) is 101 cm³/mol. The van der Waals surface area contributed by atoms with E-state index in [1.807, 2.05) is 89.3 Å². The van der Waals surface area contributed by atoms with E-state index >= 15 is 0 Å². The molecule has 0 radical (unpaired) electrons. The molecule has 0 saturated carbocycles. The maximum atomic E-state index is 12.3. The van der Waals surface area contributed by atoms with E-state index in [2.05, 4.69) is 5.43 Å². The zero-order valence-corrected chi connectivity index (χ0v) is 13.9. The number of benzene rings is 2. The van der Waals surface area contributed by atoms with Crippen molar-refractivity contribution in [2.75, 3.05) is 5.01 Å². The number of hydrogen-bond donors (Lipinski definition) is 1. The predicted octanol–water partition coefficient (Wildman–Crippen LogP) is 4.50. The molecule has 3 aromatic rings. The Morgan fingerprint density at radius 3 is 2.33 bits per heavy atom. The summed E-state index contributed by atoms with van der Waals surface area (Å²) in [4.78, 5) is 13.3. The Morgan fingerprint density at radius 1 is 0.958 bits per heavy atom. The molecule has 120 valence electrons. The van der Waals surface area contributed by atoms with Gasteiger partial charge in [0.1, 0.15) is 0 Å². The highest BCUT2D eigenvalue weighted by Crippen LogP contribution is 2.15. The highest BCUT2D eigenvalue weighted by Gasteiger charge is 2.09. The van der Waals surface area contributed by atoms with Gasteiger partial charge in [0.15, 0.2) is 0 Å². The Bertz CT molecular complexity index is 783. The number of rotatable bonds is 6. The topological polar surface area (TPSA) is 32.3 Å². The molecule has 0 aliphatic heterocycles. The number of nitrogens with zero attached hydrogens (tertiary/aromatic N) is 1. The van der Waals surface area contributed by atoms with E-state index in [1.165, 1.54) is 0 Å². The number of carbonyl (C=O) groups excluding carboxylic acids is 1. The molecule has 4 heteroatoms. The molecule has 0 atom stereocenters. The minimum Gasteiger partial charge on any atom is -0.281 e. The van der Waals surface area contributed by atoms with Gasteiger partial charge in [-0.15, -0.1) is 11.3 Å². The van der Waals surface area contributed by atoms with Crippen LogP contribution in [0, 0.1) is 0 Å². The Labute approximate surface area is 145 Å². The first-order valence-corrected chi connectivity index (χ1v) is 8.58. The lowest BCUT2D eigenvalue weighted by Gasteiger charge is -2.25. The first-order valence-electron chi connectivity index (χ1n) is 7.70. The van der Waals surface area contributed by atoms with E-state index in [0.29, 0.717) is 6.54 Å². The molecule has 0 saturated heterocycles. The summed E-state index contributed by atoms with van der Waals surface area (Å²) in [5.74, 6) is -0.150. The van der Waals surface area contributed by atoms with E-state index in [0.717, 1.165) is 16.1 Å². The first-order chi connectivity index (χ1) is 11.8. The molecule has 24 heavy (non-hydrogen) atoms. The molecule has 0 bridgehead atoms. The molecular formula is C20H18N2OS. The van der Waals surface area contributed by atoms with Crippen LogP contribution >= 0.6 is 11.3 Å². The first kappa shape index (κ1) is 16.0. The maximum Gasteiger partial charge on any atom is 0.262 e. The zero-order chi connectivity index (χ0) is 16.6. The van der Waals surface area contributed by atoms with Gasteiger partial charge in [0.2, 0.25) is 0 Å². The largest absolute Gasteiger partial charge is 0.281 e. The van der Waals surface area contributed by atoms with Crippen LogP contribution in [0.1, 0.15) is 10.4 Å². The van der Waals surface area contributed by atoms with Crippen LogP contribution in [0.4, 0.5) is 5.69 Å². The summed E-state index contributed by atoms with van der Waals surface area (Å²) in [6.45, 7) is 0.601. The number of para-hydroxylation sites is 1. The van der Waals surface area contributed by atoms with Gasteiger partial charge in [-0.2, -0.15) is 0 Å². The Kier molecular flexibility index (Phi) is 5.43. The average Bonchev–Trinajstić information content (AvgIpc) is 3.15. The van der Waals surface area contributed by atoms with Gasteiger partial charge in [-0.25, -0.2) is 0 Å². The van der Waals surface area contributed by atoms with Crippen molar-refractivity contribution >= 4 is 29.0 Å². The number of thiophene rings is 1. The number of hydrazine groups is 1. The van der Waals surface area contributed by atoms with E-state index < -0.39 is 0 Å². The van der Waals surface area contributed by atoms with Crippen LogP contribution in [0.5, 0.6) is 0 Å². The second kappa shape index (κ2) is 8.13. The highest BCUT2D eigenvalue weighted by molar-refractivity contribution is 7.10. The van der Waals surface area contributed by atoms with Gasteiger partial charge in [-0.05, 0) is 35.2 Å². The van der Waals surface area contributed by atoms with Crippen molar-refractivity contribution in [3.05, 3.63) is 94.7 Å². The lowest BCUT2D eigenvalue weighted by Crippen LogP contribution is -2.41. The molecule has 3 nitrogen and oxygen atoms in total. The average molecular weight is 334 g/mol. The molecule has 1 amide bonds. The summed E-state index contributed by atoms with van der Waals surface area (Å²) in [6.07, 6.45) is 3.39. The summed E-state index contributed by atoms with van der Waals surface area (Å²) in [7, 11) is 0. The molecular weight excluding hydrogens is 316 g/mol. The van der Waals surface area contributed by atoms with Crippen molar-refractivity contribution in [3.8, 4) is 0 Å². The monoisotopic (exact) mass is 334 g/mol. The van der Waals surface area contributed by atoms with Gasteiger partial charge in [0.25, 0.3) is 5.91 Å². The third-order valence-corrected chi connectivity index (χ3v) is 4.28. The molecule has 0 spiro atoms. The fourth-order valence-corrected chi connectivity index (χ4v) is 2.90. The quantitative estimate of drug-likeness (QED) is 0.532. The molecule has 0 aliphatic carbocycles. The number of nitrogens with one attached hydrogen (secondary N) is 1. The van der Waals surface area contributed by atoms with Crippen molar-refractivity contribution in [1.82, 2.24) is 5.43 Å². The lowest BCUT2D eigenvalue weighted by molar-refractivity contribution is -0.116. The molecule has 3 rings (SSSR count). The van der Waals surface area contributed by atoms with Crippen molar-refractivity contribution < 1.29 is 4.79 Å². The third kappa shape index (κ3) is 4.57. The Morgan fingerprint density at radius 2 is 1.67 bits per heavy atom. The van der Waals surface area contributed by atoms with Crippen LogP contribution in [0.3, 0.4) is 0 Å². The lowest BCUT2D eigenvalue weighted by atomic mass is 10.2. The molecule has 0 fully saturated rings. The van der Waals surface area contributed by atoms with Crippen LogP contribution in [0.15, 0.2) is 84.3 Å². The van der Waals surface area contributed by atoms with E-state index in [9.17, 15) is 4.79 Å². The molecule has 1 aromatic heterocycles. The van der Waals surface area contributed by atoms with Crippen molar-refractivity contribution in [2.45, 2.75) is 6.54 Å². The molecule has 2 aromatic carbocycles. The minimum atomic E-state index is -0.150. The van der Waals surface area contributed by atoms with Gasteiger partial charge in [0, 0.05) is 11.0 Å². The second-order valence-corrected chi connectivity index (χ2v) is 6.21. The van der Waals surface area contributed by atoms with Gasteiger partial charge >= 0.3 is 0 Å². The van der Waals surface area contributed by atoms with Crippen molar-refractivity contribution in [2.24, 2.45) is 0 Å². The summed E-state index contributed by atoms with van der Waals surface area (Å²) >= 11 is 1.60. The zero-order valence-electron chi connectivity index (χ0n) is 13.1. The van der Waals surface area contributed by atoms with E-state index in [1.54, 1.807) is 17.4 Å². The number of hydrogen-bond acceptors (Lipinski definition) is 3. The van der Waals surface area contributed by atoms with Crippen LogP contribution in [-0.4, -0.2) is 5.91 Å². The summed E-state index contributed by atoms with van der Waals surface area (Å²) in [5.41, 5.74) is 5.03. The Balaban J connectivity index is 1.73. The fraction of sp³-hybridized carbons (Fsp3) is 0.0500. The van der Waals surface area contributed by atoms with Crippen LogP contribution in [0.25, 0.3) is 6.08 Å². The van der Waals surface area contributed by atoms with E-state index in [-0.39, 0.29) is 5.91 Å². The van der Waals surface area contributed by atoms with Gasteiger partial charge in [-0.3, -0.25) is 15.2 Å². The SMILES string of the molecule is O=C(/C=C/c1cccs1)NN(Cc1ccccc1)c1ccccc1. The normalized spacial score (nSPS) is 10.7. The third-order valence-electron chi connectivity index (χ3n) is 3.44. The molecule has 1 N–H and O–H groups in total. The molecule has 1 heterocycles. The number of anilines is 1. The highest BCUT2D eigenvalue weighted by atomic mass is 32.1. The van der Waals surface area contributed by atoms with Gasteiger partial charge < -0.3 is 0 Å². The van der Waals surface area contributed by atoms with Gasteiger partial charge in [0.05, 0.1) is 12.2 Å². The van der Waals surface area contributed by atoms with Crippen LogP contribution < -0.4 is 10.4 Å². The summed E-state index contributed by atoms with van der Waals surface area (Å²) < 4.78 is 0. The summed E-state index contributed by atoms with van der Waals surface area (Å²) in [5, 5.41) is 3.85. The molecule has 0 unspecified atom stereocenters. The smallest absolute Gasteiger partial charge is 0.262 e. The number of amides is 1. The minimum absolute atomic E-state index is 0.150. The van der Waals surface area contributed by atoms with E-state index in [4.69, 9.17) is 0 Å². The Hall–Kier alpha value is -2.85. The van der Waals surface area contributed by atoms with Crippen molar-refractivity contribution in [1.29, 1.82) is 0 Å². The van der Waals surface area contributed by atoms with Crippen molar-refractivity contribution in [3.63, 3.8) is 0 Å². The fourth-order valence-electron chi connectivity index (χ4n) is 2.28. The van der Waals surface area contributed by atoms with Crippen LogP contribution in [0.2, 0.25) is 0 Å². The van der Waals surface area contributed by atoms with Gasteiger partial charge in [-0.1, -0.05) is 54.6 Å². The maximum absolute atomic E-state index is 12.3. The molecule has 0 aliphatic rings. The number of carbonyl (C=O) groups is 1. The second-order valence-electron chi connectivity index (χ2n) is 5.23.